The van der Waals surface area contributed by atoms with Crippen LogP contribution in [0.5, 0.6) is 0 Å². The number of fused-ring (bicyclic) bond motifs is 1. The monoisotopic (exact) mass is 829 g/mol. The number of aliphatic hydroxyl groups is 1. The van der Waals surface area contributed by atoms with Crippen molar-refractivity contribution in [3.05, 3.63) is 36.5 Å². The number of aromatic nitrogens is 5. The van der Waals surface area contributed by atoms with Crippen molar-refractivity contribution in [2.45, 2.75) is 141 Å². The van der Waals surface area contributed by atoms with Gasteiger partial charge in [0, 0.05) is 43.6 Å². The van der Waals surface area contributed by atoms with Crippen LogP contribution in [0.3, 0.4) is 0 Å². The lowest BCUT2D eigenvalue weighted by Gasteiger charge is -2.47. The molecule has 59 heavy (non-hydrogen) atoms. The maximum atomic E-state index is 16.9. The van der Waals surface area contributed by atoms with E-state index in [-0.39, 0.29) is 43.9 Å². The van der Waals surface area contributed by atoms with Crippen molar-refractivity contribution in [2.75, 3.05) is 27.7 Å². The maximum Gasteiger partial charge on any atom is 0.411 e. The van der Waals surface area contributed by atoms with E-state index in [2.05, 4.69) is 20.4 Å². The van der Waals surface area contributed by atoms with E-state index in [9.17, 15) is 24.3 Å². The summed E-state index contributed by atoms with van der Waals surface area (Å²) in [5.41, 5.74) is -5.76. The van der Waals surface area contributed by atoms with E-state index in [1.165, 1.54) is 23.7 Å². The smallest absolute Gasteiger partial charge is 0.411 e. The highest BCUT2D eigenvalue weighted by Gasteiger charge is 2.61. The number of alkyl halides is 1. The molecule has 2 aromatic heterocycles. The van der Waals surface area contributed by atoms with Gasteiger partial charge in [-0.05, 0) is 78.4 Å². The lowest BCUT2D eigenvalue weighted by molar-refractivity contribution is -0.295. The van der Waals surface area contributed by atoms with Gasteiger partial charge in [0.1, 0.15) is 23.7 Å². The highest BCUT2D eigenvalue weighted by atomic mass is 19.1. The van der Waals surface area contributed by atoms with Gasteiger partial charge < -0.3 is 33.7 Å². The molecule has 3 aliphatic rings. The van der Waals surface area contributed by atoms with Gasteiger partial charge in [0.15, 0.2) is 17.7 Å². The van der Waals surface area contributed by atoms with Gasteiger partial charge in [0.05, 0.1) is 30.4 Å². The van der Waals surface area contributed by atoms with Crippen molar-refractivity contribution in [1.82, 2.24) is 35.0 Å². The van der Waals surface area contributed by atoms with Gasteiger partial charge in [-0.2, -0.15) is 4.80 Å². The number of tetrazole rings is 1. The molecule has 2 aromatic rings. The predicted molar refractivity (Wildman–Crippen MR) is 210 cm³/mol. The number of allylic oxidation sites excluding steroid dienone is 1. The summed E-state index contributed by atoms with van der Waals surface area (Å²) in [4.78, 5) is 65.4. The molecular weight excluding hydrogens is 769 g/mol. The van der Waals surface area contributed by atoms with Crippen molar-refractivity contribution >= 4 is 23.6 Å². The second kappa shape index (κ2) is 18.2. The normalized spacial score (nSPS) is 37.7. The fourth-order valence-electron chi connectivity index (χ4n) is 8.95. The van der Waals surface area contributed by atoms with Crippen LogP contribution in [0.25, 0.3) is 11.5 Å². The third kappa shape index (κ3) is 9.26. The van der Waals surface area contributed by atoms with Gasteiger partial charge in [-0.1, -0.05) is 45.9 Å². The molecule has 5 heterocycles. The van der Waals surface area contributed by atoms with Crippen LogP contribution < -0.4 is 0 Å². The molecule has 5 rings (SSSR count). The SMILES string of the molecule is CC[C@H]1OC(=O)[C@@](C)(F)C(=O)[C@H](C)[C@@H](O[C@@H]2OC(C)CC(N(C)C)C2O)[C@](C)(OC)C[C@@H](C)C(=O)[C@H](C)[C@H]2N(C/C=C/Cn3nnc(-c4ccccn4)n3)C(=O)O[C@]12C. The molecule has 3 aliphatic heterocycles. The Kier molecular flexibility index (Phi) is 14.1. The summed E-state index contributed by atoms with van der Waals surface area (Å²) in [6, 6.07) is 3.97. The third-order valence-corrected chi connectivity index (χ3v) is 12.3. The van der Waals surface area contributed by atoms with Crippen LogP contribution in [0.2, 0.25) is 0 Å². The lowest BCUT2D eigenvalue weighted by atomic mass is 9.73. The summed E-state index contributed by atoms with van der Waals surface area (Å²) in [6.07, 6.45) is -0.581. The first-order valence-corrected chi connectivity index (χ1v) is 20.2. The van der Waals surface area contributed by atoms with E-state index in [4.69, 9.17) is 23.7 Å². The van der Waals surface area contributed by atoms with Crippen molar-refractivity contribution in [2.24, 2.45) is 17.8 Å². The summed E-state index contributed by atoms with van der Waals surface area (Å²) < 4.78 is 47.3. The van der Waals surface area contributed by atoms with Crippen molar-refractivity contribution in [3.63, 3.8) is 0 Å². The van der Waals surface area contributed by atoms with Crippen LogP contribution in [-0.2, 0) is 44.6 Å². The summed E-state index contributed by atoms with van der Waals surface area (Å²) in [5.74, 6) is -5.64. The summed E-state index contributed by atoms with van der Waals surface area (Å²) in [6.45, 7) is 12.5. The zero-order chi connectivity index (χ0) is 43.6. The number of rotatable bonds is 10. The molecule has 3 unspecified atom stereocenters. The molecule has 0 aliphatic carbocycles. The number of nitrogens with zero attached hydrogens (tertiary/aromatic N) is 7. The minimum absolute atomic E-state index is 0.0180. The molecule has 0 saturated carbocycles. The highest BCUT2D eigenvalue weighted by molar-refractivity contribution is 6.08. The second-order valence-electron chi connectivity index (χ2n) is 16.9. The van der Waals surface area contributed by atoms with Crippen LogP contribution >= 0.6 is 0 Å². The molecule has 326 valence electrons. The second-order valence-corrected chi connectivity index (χ2v) is 16.9. The van der Waals surface area contributed by atoms with Gasteiger partial charge >= 0.3 is 12.1 Å². The number of Topliss-reactive ketones (excluding diaryl/α,β-unsaturated/α-hetero) is 2. The number of aliphatic hydroxyl groups excluding tert-OH is 1. The number of carbonyl (C=O) groups is 4. The number of carbonyl (C=O) groups excluding carboxylic acids is 4. The minimum atomic E-state index is -3.20. The Morgan fingerprint density at radius 3 is 2.37 bits per heavy atom. The summed E-state index contributed by atoms with van der Waals surface area (Å²) in [5, 5.41) is 23.9. The number of amides is 1. The number of ether oxygens (including phenoxy) is 5. The van der Waals surface area contributed by atoms with E-state index in [0.717, 1.165) is 6.92 Å². The summed E-state index contributed by atoms with van der Waals surface area (Å²) in [7, 11) is 5.02. The number of ketones is 2. The molecule has 0 spiro atoms. The average molecular weight is 830 g/mol. The standard InChI is InChI=1S/C41H60FN7O10/c1-12-29-41(8)32(48(38(54)59-41)19-15-16-20-49-45-35(44-46-49)27-17-13-14-18-43-27)25(4)30(50)23(2)22-39(6,55-11)34(26(5)33(52)40(7,42)37(53)57-29)58-36-31(51)28(47(9)10)21-24(3)56-36/h13-18,23-26,28-29,31-32,34,36,51H,12,19-22H2,1-11H3/b16-15+/t23-,24?,25+,26+,28?,29-,31?,32-,34-,36+,39-,40+,41-/m1/s1. The van der Waals surface area contributed by atoms with E-state index in [1.807, 2.05) is 32.0 Å². The van der Waals surface area contributed by atoms with E-state index >= 15 is 4.39 Å². The zero-order valence-corrected chi connectivity index (χ0v) is 35.9. The largest absolute Gasteiger partial charge is 0.455 e. The maximum absolute atomic E-state index is 16.9. The van der Waals surface area contributed by atoms with Crippen LogP contribution in [0.4, 0.5) is 9.18 Å². The minimum Gasteiger partial charge on any atom is -0.455 e. The van der Waals surface area contributed by atoms with Crippen molar-refractivity contribution in [3.8, 4) is 11.5 Å². The number of hydrogen-bond donors (Lipinski definition) is 1. The number of halogens is 1. The number of cyclic esters (lactones) is 1. The molecule has 0 aromatic carbocycles. The van der Waals surface area contributed by atoms with Gasteiger partial charge in [-0.3, -0.25) is 19.5 Å². The molecule has 0 radical (unpaired) electrons. The lowest BCUT2D eigenvalue weighted by Crippen LogP contribution is -2.61. The predicted octanol–water partition coefficient (Wildman–Crippen LogP) is 3.59. The third-order valence-electron chi connectivity index (χ3n) is 12.3. The molecule has 3 fully saturated rings. The van der Waals surface area contributed by atoms with Crippen molar-refractivity contribution in [1.29, 1.82) is 0 Å². The molecular formula is C41H60FN7O10. The van der Waals surface area contributed by atoms with Crippen molar-refractivity contribution < 1.29 is 52.4 Å². The molecule has 18 heteroatoms. The Labute approximate surface area is 344 Å². The topological polar surface area (TPSA) is 198 Å². The Balaban J connectivity index is 1.49. The van der Waals surface area contributed by atoms with Crippen LogP contribution in [0.15, 0.2) is 36.5 Å². The number of hydrogen-bond acceptors (Lipinski definition) is 15. The Hall–Kier alpha value is -4.23. The Morgan fingerprint density at radius 2 is 1.75 bits per heavy atom. The first kappa shape index (κ1) is 45.8. The molecule has 17 nitrogen and oxygen atoms in total. The van der Waals surface area contributed by atoms with E-state index in [0.29, 0.717) is 17.9 Å². The summed E-state index contributed by atoms with van der Waals surface area (Å²) >= 11 is 0. The average Bonchev–Trinajstić information content (AvgIpc) is 3.78. The van der Waals surface area contributed by atoms with E-state index in [1.54, 1.807) is 65.1 Å². The number of pyridine rings is 1. The molecule has 1 amide bonds. The van der Waals surface area contributed by atoms with E-state index < -0.39 is 83.1 Å². The molecule has 0 bridgehead atoms. The Morgan fingerprint density at radius 1 is 1.05 bits per heavy atom. The van der Waals surface area contributed by atoms with Crippen LogP contribution in [-0.4, -0.2) is 151 Å². The molecule has 3 saturated heterocycles. The highest BCUT2D eigenvalue weighted by Crippen LogP contribution is 2.43. The van der Waals surface area contributed by atoms with Gasteiger partial charge in [0.2, 0.25) is 5.82 Å². The fourth-order valence-corrected chi connectivity index (χ4v) is 8.95. The van der Waals surface area contributed by atoms with Gasteiger partial charge in [-0.25, -0.2) is 14.0 Å². The quantitative estimate of drug-likeness (QED) is 0.207. The molecule has 1 N–H and O–H groups in total. The van der Waals surface area contributed by atoms with Crippen LogP contribution in [0.1, 0.15) is 74.7 Å². The fraction of sp³-hybridized carbons (Fsp3) is 0.707. The number of likely N-dealkylation sites (N-methyl/N-ethyl adjacent to an activating group) is 1. The first-order chi connectivity index (χ1) is 27.7. The van der Waals surface area contributed by atoms with Gasteiger partial charge in [0.25, 0.3) is 5.67 Å². The first-order valence-electron chi connectivity index (χ1n) is 20.2. The zero-order valence-electron chi connectivity index (χ0n) is 35.9. The van der Waals surface area contributed by atoms with Crippen LogP contribution in [0, 0.1) is 17.8 Å². The van der Waals surface area contributed by atoms with Gasteiger partial charge in [-0.15, -0.1) is 10.2 Å². The number of methoxy groups -OCH3 is 1. The Bertz CT molecular complexity index is 1850. The number of esters is 1. The molecule has 13 atom stereocenters.